The van der Waals surface area contributed by atoms with Crippen LogP contribution in [0.3, 0.4) is 0 Å². The molecule has 0 saturated carbocycles. The molecule has 0 radical (unpaired) electrons. The molecule has 0 amide bonds. The Kier molecular flexibility index (Phi) is 3.96. The molecule has 0 aromatic heterocycles. The lowest BCUT2D eigenvalue weighted by Crippen LogP contribution is -2.09. The Hall–Kier alpha value is -2.40. The molecule has 0 spiro atoms. The maximum atomic E-state index is 9.82. The van der Waals surface area contributed by atoms with E-state index in [1.807, 2.05) is 30.3 Å². The maximum absolute atomic E-state index is 9.82. The molecule has 2 aliphatic heterocycles. The van der Waals surface area contributed by atoms with Crippen molar-refractivity contribution in [3.8, 4) is 23.0 Å². The van der Waals surface area contributed by atoms with Crippen molar-refractivity contribution in [3.63, 3.8) is 0 Å². The largest absolute Gasteiger partial charge is 0.504 e. The van der Waals surface area contributed by atoms with Gasteiger partial charge in [0.2, 0.25) is 6.79 Å². The van der Waals surface area contributed by atoms with E-state index in [4.69, 9.17) is 18.9 Å². The van der Waals surface area contributed by atoms with Gasteiger partial charge in [0.1, 0.15) is 0 Å². The Morgan fingerprint density at radius 3 is 2.28 bits per heavy atom. The normalized spacial score (nSPS) is 27.5. The second-order valence-corrected chi connectivity index (χ2v) is 6.74. The number of aromatic hydroxyl groups is 1. The quantitative estimate of drug-likeness (QED) is 0.905. The number of fused-ring (bicyclic) bond motifs is 1. The molecule has 2 aromatic carbocycles. The SMILES string of the molecule is COc1cc([C@@H]2O[C@H](c3ccc4c(c3)OCO4)[C@@H](C)[C@@H]2C)ccc1O. The van der Waals surface area contributed by atoms with E-state index in [-0.39, 0.29) is 24.8 Å². The number of rotatable bonds is 3. The predicted molar refractivity (Wildman–Crippen MR) is 92.1 cm³/mol. The van der Waals surface area contributed by atoms with Crippen LogP contribution < -0.4 is 14.2 Å². The fourth-order valence-corrected chi connectivity index (χ4v) is 3.68. The van der Waals surface area contributed by atoms with Gasteiger partial charge in [0, 0.05) is 0 Å². The highest BCUT2D eigenvalue weighted by Crippen LogP contribution is 2.50. The molecule has 2 aliphatic rings. The van der Waals surface area contributed by atoms with Crippen LogP contribution >= 0.6 is 0 Å². The maximum Gasteiger partial charge on any atom is 0.231 e. The monoisotopic (exact) mass is 342 g/mol. The van der Waals surface area contributed by atoms with Gasteiger partial charge in [0.25, 0.3) is 0 Å². The Morgan fingerprint density at radius 2 is 1.56 bits per heavy atom. The molecular formula is C20H22O5. The van der Waals surface area contributed by atoms with Crippen molar-refractivity contribution < 1.29 is 24.1 Å². The van der Waals surface area contributed by atoms with Crippen molar-refractivity contribution in [2.24, 2.45) is 11.8 Å². The van der Waals surface area contributed by atoms with E-state index >= 15 is 0 Å². The summed E-state index contributed by atoms with van der Waals surface area (Å²) >= 11 is 0. The van der Waals surface area contributed by atoms with Crippen molar-refractivity contribution in [2.45, 2.75) is 26.1 Å². The van der Waals surface area contributed by atoms with Crippen LogP contribution in [0.5, 0.6) is 23.0 Å². The minimum Gasteiger partial charge on any atom is -0.504 e. The van der Waals surface area contributed by atoms with E-state index in [0.717, 1.165) is 22.6 Å². The topological polar surface area (TPSA) is 57.2 Å². The number of hydrogen-bond donors (Lipinski definition) is 1. The highest BCUT2D eigenvalue weighted by atomic mass is 16.7. The second kappa shape index (κ2) is 6.15. The molecule has 0 bridgehead atoms. The first-order valence-electron chi connectivity index (χ1n) is 8.50. The number of benzene rings is 2. The third kappa shape index (κ3) is 2.68. The van der Waals surface area contributed by atoms with Crippen molar-refractivity contribution in [1.29, 1.82) is 0 Å². The van der Waals surface area contributed by atoms with Gasteiger partial charge in [-0.2, -0.15) is 0 Å². The summed E-state index contributed by atoms with van der Waals surface area (Å²) in [6.07, 6.45) is -0.0748. The Bertz CT molecular complexity index is 767. The third-order valence-electron chi connectivity index (χ3n) is 5.34. The predicted octanol–water partition coefficient (Wildman–Crippen LogP) is 4.21. The Labute approximate surface area is 147 Å². The van der Waals surface area contributed by atoms with E-state index < -0.39 is 0 Å². The third-order valence-corrected chi connectivity index (χ3v) is 5.34. The number of phenolic OH excluding ortho intramolecular Hbond substituents is 1. The first-order valence-corrected chi connectivity index (χ1v) is 8.50. The molecule has 25 heavy (non-hydrogen) atoms. The number of phenols is 1. The molecule has 1 saturated heterocycles. The lowest BCUT2D eigenvalue weighted by molar-refractivity contribution is 0.0288. The van der Waals surface area contributed by atoms with Crippen molar-refractivity contribution in [2.75, 3.05) is 13.9 Å². The van der Waals surface area contributed by atoms with Gasteiger partial charge in [-0.1, -0.05) is 26.0 Å². The minimum absolute atomic E-state index is 0.0192. The van der Waals surface area contributed by atoms with Crippen LogP contribution in [-0.4, -0.2) is 19.0 Å². The zero-order valence-electron chi connectivity index (χ0n) is 14.6. The molecule has 2 aromatic rings. The summed E-state index contributed by atoms with van der Waals surface area (Å²) in [4.78, 5) is 0. The van der Waals surface area contributed by atoms with Crippen molar-refractivity contribution in [1.82, 2.24) is 0 Å². The zero-order chi connectivity index (χ0) is 17.6. The van der Waals surface area contributed by atoms with Crippen LogP contribution in [0.1, 0.15) is 37.2 Å². The molecule has 0 aliphatic carbocycles. The minimum atomic E-state index is -0.0556. The van der Waals surface area contributed by atoms with Crippen LogP contribution in [0.2, 0.25) is 0 Å². The molecule has 132 valence electrons. The van der Waals surface area contributed by atoms with Crippen molar-refractivity contribution >= 4 is 0 Å². The highest BCUT2D eigenvalue weighted by molar-refractivity contribution is 5.46. The van der Waals surface area contributed by atoms with Crippen LogP contribution in [-0.2, 0) is 4.74 Å². The highest BCUT2D eigenvalue weighted by Gasteiger charge is 2.41. The average Bonchev–Trinajstić information content (AvgIpc) is 3.20. The zero-order valence-corrected chi connectivity index (χ0v) is 14.6. The first kappa shape index (κ1) is 16.1. The second-order valence-electron chi connectivity index (χ2n) is 6.74. The van der Waals surface area contributed by atoms with Gasteiger partial charge < -0.3 is 24.1 Å². The van der Waals surface area contributed by atoms with Gasteiger partial charge in [-0.05, 0) is 47.2 Å². The van der Waals surface area contributed by atoms with E-state index in [1.165, 1.54) is 0 Å². The molecule has 1 fully saturated rings. The lowest BCUT2D eigenvalue weighted by Gasteiger charge is -2.17. The molecule has 4 atom stereocenters. The fraction of sp³-hybridized carbons (Fsp3) is 0.400. The number of ether oxygens (including phenoxy) is 4. The van der Waals surface area contributed by atoms with Crippen LogP contribution in [0.25, 0.3) is 0 Å². The lowest BCUT2D eigenvalue weighted by atomic mass is 9.85. The Balaban J connectivity index is 1.63. The van der Waals surface area contributed by atoms with Gasteiger partial charge in [0.15, 0.2) is 23.0 Å². The van der Waals surface area contributed by atoms with E-state index in [2.05, 4.69) is 13.8 Å². The van der Waals surface area contributed by atoms with E-state index in [9.17, 15) is 5.11 Å². The van der Waals surface area contributed by atoms with Gasteiger partial charge in [-0.15, -0.1) is 0 Å². The summed E-state index contributed by atoms with van der Waals surface area (Å²) < 4.78 is 22.5. The van der Waals surface area contributed by atoms with Crippen LogP contribution in [0, 0.1) is 11.8 Å². The van der Waals surface area contributed by atoms with Gasteiger partial charge >= 0.3 is 0 Å². The van der Waals surface area contributed by atoms with E-state index in [1.54, 1.807) is 13.2 Å². The first-order chi connectivity index (χ1) is 12.1. The number of hydrogen-bond acceptors (Lipinski definition) is 5. The van der Waals surface area contributed by atoms with Gasteiger partial charge in [-0.25, -0.2) is 0 Å². The average molecular weight is 342 g/mol. The molecule has 0 unspecified atom stereocenters. The Morgan fingerprint density at radius 1 is 0.920 bits per heavy atom. The van der Waals surface area contributed by atoms with Crippen molar-refractivity contribution in [3.05, 3.63) is 47.5 Å². The summed E-state index contributed by atoms with van der Waals surface area (Å²) in [5.74, 6) is 2.82. The summed E-state index contributed by atoms with van der Waals surface area (Å²) in [5.41, 5.74) is 2.11. The van der Waals surface area contributed by atoms with Crippen LogP contribution in [0.4, 0.5) is 0 Å². The smallest absolute Gasteiger partial charge is 0.231 e. The molecule has 4 rings (SSSR count). The van der Waals surface area contributed by atoms with Gasteiger partial charge in [0.05, 0.1) is 19.3 Å². The van der Waals surface area contributed by atoms with Crippen LogP contribution in [0.15, 0.2) is 36.4 Å². The number of methoxy groups -OCH3 is 1. The summed E-state index contributed by atoms with van der Waals surface area (Å²) in [6, 6.07) is 11.4. The summed E-state index contributed by atoms with van der Waals surface area (Å²) in [5, 5.41) is 9.82. The summed E-state index contributed by atoms with van der Waals surface area (Å²) in [6.45, 7) is 4.67. The van der Waals surface area contributed by atoms with Gasteiger partial charge in [-0.3, -0.25) is 0 Å². The molecule has 1 N–H and O–H groups in total. The van der Waals surface area contributed by atoms with E-state index in [0.29, 0.717) is 17.6 Å². The molecular weight excluding hydrogens is 320 g/mol. The molecule has 2 heterocycles. The fourth-order valence-electron chi connectivity index (χ4n) is 3.68. The summed E-state index contributed by atoms with van der Waals surface area (Å²) in [7, 11) is 1.55. The molecule has 5 heteroatoms. The standard InChI is InChI=1S/C20H22O5/c1-11-12(2)20(14-5-7-16-18(9-14)24-10-23-16)25-19(11)13-4-6-15(21)17(8-13)22-3/h4-9,11-12,19-21H,10H2,1-3H3/t11-,12-,19+,20-/m0/s1. The molecule has 5 nitrogen and oxygen atoms in total.